The minimum Gasteiger partial charge on any atom is -0.478 e. The summed E-state index contributed by atoms with van der Waals surface area (Å²) in [6, 6.07) is 4.42. The normalized spacial score (nSPS) is 12.3. The molecule has 0 spiro atoms. The highest BCUT2D eigenvalue weighted by Gasteiger charge is 2.40. The number of aromatic carboxylic acids is 1. The predicted molar refractivity (Wildman–Crippen MR) is 87.4 cm³/mol. The molecular formula is C16H15F3N4O4. The second-order valence-electron chi connectivity index (χ2n) is 5.58. The Labute approximate surface area is 151 Å². The summed E-state index contributed by atoms with van der Waals surface area (Å²) >= 11 is 0. The van der Waals surface area contributed by atoms with Gasteiger partial charge in [0.05, 0.1) is 11.9 Å². The van der Waals surface area contributed by atoms with Crippen LogP contribution in [-0.2, 0) is 15.8 Å². The Kier molecular flexibility index (Phi) is 5.52. The lowest BCUT2D eigenvalue weighted by atomic mass is 10.2. The molecule has 144 valence electrons. The molecule has 2 rings (SSSR count). The molecule has 1 aromatic carbocycles. The molecule has 0 bridgehead atoms. The fourth-order valence-corrected chi connectivity index (χ4v) is 2.31. The number of benzene rings is 1. The number of carboxylic acid groups (broad SMARTS) is 1. The third-order valence-electron chi connectivity index (χ3n) is 3.44. The van der Waals surface area contributed by atoms with Gasteiger partial charge in [0.2, 0.25) is 11.8 Å². The molecule has 2 amide bonds. The molecule has 0 aliphatic heterocycles. The molecule has 8 nitrogen and oxygen atoms in total. The van der Waals surface area contributed by atoms with Crippen molar-refractivity contribution >= 4 is 23.5 Å². The van der Waals surface area contributed by atoms with Crippen LogP contribution < -0.4 is 10.6 Å². The second kappa shape index (κ2) is 7.48. The van der Waals surface area contributed by atoms with Crippen molar-refractivity contribution in [3.63, 3.8) is 0 Å². The molecule has 0 radical (unpaired) electrons. The maximum Gasteiger partial charge on any atom is 0.434 e. The van der Waals surface area contributed by atoms with Crippen molar-refractivity contribution in [2.24, 2.45) is 0 Å². The van der Waals surface area contributed by atoms with Gasteiger partial charge >= 0.3 is 12.1 Å². The SMILES string of the molecule is CC(=O)NC(C)C(=O)Nc1cccc(-n2ncc(C(=O)O)c2C(F)(F)F)c1. The summed E-state index contributed by atoms with van der Waals surface area (Å²) in [7, 11) is 0. The molecule has 0 saturated carbocycles. The lowest BCUT2D eigenvalue weighted by Gasteiger charge is -2.15. The van der Waals surface area contributed by atoms with Gasteiger partial charge in [0.15, 0.2) is 5.69 Å². The van der Waals surface area contributed by atoms with E-state index in [1.807, 2.05) is 0 Å². The van der Waals surface area contributed by atoms with E-state index in [9.17, 15) is 27.6 Å². The zero-order valence-electron chi connectivity index (χ0n) is 14.2. The summed E-state index contributed by atoms with van der Waals surface area (Å²) in [4.78, 5) is 34.0. The number of carbonyl (C=O) groups is 3. The van der Waals surface area contributed by atoms with Crippen molar-refractivity contribution in [3.05, 3.63) is 41.7 Å². The van der Waals surface area contributed by atoms with Crippen LogP contribution in [0.15, 0.2) is 30.5 Å². The molecule has 2 aromatic rings. The van der Waals surface area contributed by atoms with Crippen LogP contribution in [0.3, 0.4) is 0 Å². The zero-order valence-corrected chi connectivity index (χ0v) is 14.2. The van der Waals surface area contributed by atoms with Crippen LogP contribution in [0.25, 0.3) is 5.69 Å². The third-order valence-corrected chi connectivity index (χ3v) is 3.44. The van der Waals surface area contributed by atoms with E-state index in [0.717, 1.165) is 0 Å². The van der Waals surface area contributed by atoms with E-state index >= 15 is 0 Å². The number of alkyl halides is 3. The first-order chi connectivity index (χ1) is 12.5. The first-order valence-electron chi connectivity index (χ1n) is 7.57. The monoisotopic (exact) mass is 384 g/mol. The molecular weight excluding hydrogens is 369 g/mol. The quantitative estimate of drug-likeness (QED) is 0.730. The van der Waals surface area contributed by atoms with Crippen molar-refractivity contribution in [1.29, 1.82) is 0 Å². The zero-order chi connectivity index (χ0) is 20.4. The van der Waals surface area contributed by atoms with E-state index in [1.165, 1.54) is 38.1 Å². The number of aromatic nitrogens is 2. The van der Waals surface area contributed by atoms with Crippen LogP contribution >= 0.6 is 0 Å². The summed E-state index contributed by atoms with van der Waals surface area (Å²) in [6.07, 6.45) is -4.35. The number of nitrogens with one attached hydrogen (secondary N) is 2. The largest absolute Gasteiger partial charge is 0.478 e. The Morgan fingerprint density at radius 3 is 2.48 bits per heavy atom. The van der Waals surface area contributed by atoms with E-state index in [-0.39, 0.29) is 11.4 Å². The van der Waals surface area contributed by atoms with Gasteiger partial charge in [0, 0.05) is 12.6 Å². The molecule has 1 unspecified atom stereocenters. The summed E-state index contributed by atoms with van der Waals surface area (Å²) in [5.41, 5.74) is -2.38. The Morgan fingerprint density at radius 2 is 1.93 bits per heavy atom. The number of rotatable bonds is 5. The van der Waals surface area contributed by atoms with Gasteiger partial charge in [-0.25, -0.2) is 9.48 Å². The lowest BCUT2D eigenvalue weighted by Crippen LogP contribution is -2.40. The smallest absolute Gasteiger partial charge is 0.434 e. The number of anilines is 1. The molecule has 0 fully saturated rings. The molecule has 3 N–H and O–H groups in total. The Balaban J connectivity index is 2.37. The number of carboxylic acids is 1. The van der Waals surface area contributed by atoms with Crippen molar-refractivity contribution in [2.75, 3.05) is 5.32 Å². The number of hydrogen-bond acceptors (Lipinski definition) is 4. The molecule has 27 heavy (non-hydrogen) atoms. The van der Waals surface area contributed by atoms with E-state index in [1.54, 1.807) is 0 Å². The minimum atomic E-state index is -4.95. The van der Waals surface area contributed by atoms with Crippen LogP contribution in [0.2, 0.25) is 0 Å². The van der Waals surface area contributed by atoms with Crippen LogP contribution in [0, 0.1) is 0 Å². The highest BCUT2D eigenvalue weighted by molar-refractivity contribution is 5.96. The third kappa shape index (κ3) is 4.63. The summed E-state index contributed by atoms with van der Waals surface area (Å²) in [5.74, 6) is -2.76. The van der Waals surface area contributed by atoms with E-state index in [0.29, 0.717) is 10.9 Å². The van der Waals surface area contributed by atoms with Gasteiger partial charge in [-0.2, -0.15) is 18.3 Å². The average Bonchev–Trinajstić information content (AvgIpc) is 3.00. The Hall–Kier alpha value is -3.37. The molecule has 0 saturated heterocycles. The van der Waals surface area contributed by atoms with Crippen molar-refractivity contribution in [3.8, 4) is 5.69 Å². The van der Waals surface area contributed by atoms with Gasteiger partial charge in [0.25, 0.3) is 0 Å². The van der Waals surface area contributed by atoms with Crippen molar-refractivity contribution < 1.29 is 32.7 Å². The number of halogens is 3. The highest BCUT2D eigenvalue weighted by Crippen LogP contribution is 2.34. The Bertz CT molecular complexity index is 892. The van der Waals surface area contributed by atoms with Crippen LogP contribution in [0.4, 0.5) is 18.9 Å². The lowest BCUT2D eigenvalue weighted by molar-refractivity contribution is -0.143. The maximum atomic E-state index is 13.3. The first kappa shape index (κ1) is 19.9. The molecule has 0 aliphatic carbocycles. The van der Waals surface area contributed by atoms with Gasteiger partial charge in [-0.3, -0.25) is 9.59 Å². The Morgan fingerprint density at radius 1 is 1.26 bits per heavy atom. The number of hydrogen-bond donors (Lipinski definition) is 3. The predicted octanol–water partition coefficient (Wildman–Crippen LogP) is 2.05. The van der Waals surface area contributed by atoms with Crippen LogP contribution in [0.5, 0.6) is 0 Å². The van der Waals surface area contributed by atoms with Crippen molar-refractivity contribution in [2.45, 2.75) is 26.1 Å². The van der Waals surface area contributed by atoms with Gasteiger partial charge in [-0.05, 0) is 25.1 Å². The van der Waals surface area contributed by atoms with Crippen LogP contribution in [-0.4, -0.2) is 38.7 Å². The topological polar surface area (TPSA) is 113 Å². The molecule has 1 atom stereocenters. The maximum absolute atomic E-state index is 13.3. The van der Waals surface area contributed by atoms with E-state index < -0.39 is 41.3 Å². The van der Waals surface area contributed by atoms with E-state index in [4.69, 9.17) is 5.11 Å². The van der Waals surface area contributed by atoms with Gasteiger partial charge < -0.3 is 15.7 Å². The van der Waals surface area contributed by atoms with Crippen molar-refractivity contribution in [1.82, 2.24) is 15.1 Å². The summed E-state index contributed by atoms with van der Waals surface area (Å²) in [6.45, 7) is 2.68. The standard InChI is InChI=1S/C16H15F3N4O4/c1-8(21-9(2)24)14(25)22-10-4-3-5-11(6-10)23-13(16(17,18)19)12(7-20-23)15(26)27/h3-8H,1-2H3,(H,21,24)(H,22,25)(H,26,27). The van der Waals surface area contributed by atoms with E-state index in [2.05, 4.69) is 15.7 Å². The molecule has 1 heterocycles. The van der Waals surface area contributed by atoms with Gasteiger partial charge in [0.1, 0.15) is 11.6 Å². The second-order valence-corrected chi connectivity index (χ2v) is 5.58. The highest BCUT2D eigenvalue weighted by atomic mass is 19.4. The minimum absolute atomic E-state index is 0.0974. The number of nitrogens with zero attached hydrogens (tertiary/aromatic N) is 2. The van der Waals surface area contributed by atoms with Crippen LogP contribution in [0.1, 0.15) is 29.9 Å². The van der Waals surface area contributed by atoms with Gasteiger partial charge in [-0.1, -0.05) is 6.07 Å². The molecule has 0 aliphatic rings. The molecule has 11 heteroatoms. The fraction of sp³-hybridized carbons (Fsp3) is 0.250. The summed E-state index contributed by atoms with van der Waals surface area (Å²) in [5, 5.41) is 17.3. The first-order valence-corrected chi connectivity index (χ1v) is 7.57. The number of amides is 2. The van der Waals surface area contributed by atoms with Gasteiger partial charge in [-0.15, -0.1) is 0 Å². The fourth-order valence-electron chi connectivity index (χ4n) is 2.31. The average molecular weight is 384 g/mol. The number of carbonyl (C=O) groups excluding carboxylic acids is 2. The molecule has 1 aromatic heterocycles. The summed E-state index contributed by atoms with van der Waals surface area (Å²) < 4.78 is 40.3.